The number of aliphatic hydroxyl groups is 1. The zero-order valence-electron chi connectivity index (χ0n) is 15.1. The molecule has 0 radical (unpaired) electrons. The van der Waals surface area contributed by atoms with Gasteiger partial charge in [0, 0.05) is 44.1 Å². The average molecular weight is 364 g/mol. The Morgan fingerprint density at radius 2 is 2.07 bits per heavy atom. The van der Waals surface area contributed by atoms with Gasteiger partial charge in [-0.05, 0) is 24.1 Å². The minimum atomic E-state index is 0.125. The molecule has 0 bridgehead atoms. The summed E-state index contributed by atoms with van der Waals surface area (Å²) >= 11 is 0. The summed E-state index contributed by atoms with van der Waals surface area (Å²) in [5.74, 6) is 2.27. The summed E-state index contributed by atoms with van der Waals surface area (Å²) in [4.78, 5) is 8.85. The first kappa shape index (κ1) is 17.1. The molecule has 27 heavy (non-hydrogen) atoms. The maximum atomic E-state index is 9.25. The summed E-state index contributed by atoms with van der Waals surface area (Å²) < 4.78 is 3.65. The summed E-state index contributed by atoms with van der Waals surface area (Å²) in [5.41, 5.74) is 2.45. The van der Waals surface area contributed by atoms with Crippen molar-refractivity contribution in [3.63, 3.8) is 0 Å². The van der Waals surface area contributed by atoms with E-state index >= 15 is 0 Å². The van der Waals surface area contributed by atoms with Gasteiger partial charge in [-0.1, -0.05) is 6.92 Å². The maximum absolute atomic E-state index is 9.25. The normalized spacial score (nSPS) is 12.4. The number of aliphatic hydroxyl groups excluding tert-OH is 1. The molecule has 4 heterocycles. The van der Waals surface area contributed by atoms with Gasteiger partial charge >= 0.3 is 0 Å². The highest BCUT2D eigenvalue weighted by Gasteiger charge is 2.11. The van der Waals surface area contributed by atoms with Gasteiger partial charge in [-0.3, -0.25) is 9.08 Å². The van der Waals surface area contributed by atoms with E-state index in [1.165, 1.54) is 0 Å². The van der Waals surface area contributed by atoms with Crippen LogP contribution in [0.2, 0.25) is 0 Å². The lowest BCUT2D eigenvalue weighted by Gasteiger charge is -2.08. The topological polar surface area (TPSA) is 106 Å². The monoisotopic (exact) mass is 364 g/mol. The zero-order valence-corrected chi connectivity index (χ0v) is 15.1. The van der Waals surface area contributed by atoms with Crippen molar-refractivity contribution in [2.45, 2.75) is 13.3 Å². The van der Waals surface area contributed by atoms with Crippen molar-refractivity contribution in [1.29, 1.82) is 0 Å². The Morgan fingerprint density at radius 1 is 1.19 bits per heavy atom. The fourth-order valence-corrected chi connectivity index (χ4v) is 2.81. The molecule has 0 saturated heterocycles. The molecule has 0 spiro atoms. The minimum absolute atomic E-state index is 0.125. The van der Waals surface area contributed by atoms with Gasteiger partial charge < -0.3 is 10.4 Å². The molecule has 0 saturated carbocycles. The first-order valence-electron chi connectivity index (χ1n) is 8.67. The van der Waals surface area contributed by atoms with Crippen LogP contribution in [0.3, 0.4) is 0 Å². The molecule has 0 aliphatic carbocycles. The van der Waals surface area contributed by atoms with E-state index in [1.807, 2.05) is 48.8 Å². The van der Waals surface area contributed by atoms with Crippen molar-refractivity contribution in [2.24, 2.45) is 13.0 Å². The van der Waals surface area contributed by atoms with Crippen LogP contribution in [0.15, 0.2) is 42.9 Å². The lowest BCUT2D eigenvalue weighted by Crippen LogP contribution is -2.07. The molecule has 138 valence electrons. The van der Waals surface area contributed by atoms with Crippen LogP contribution in [0.4, 0.5) is 11.8 Å². The van der Waals surface area contributed by atoms with Crippen LogP contribution in [-0.2, 0) is 13.5 Å². The first-order chi connectivity index (χ1) is 13.1. The van der Waals surface area contributed by atoms with Gasteiger partial charge in [0.05, 0.1) is 11.9 Å². The summed E-state index contributed by atoms with van der Waals surface area (Å²) in [6.45, 7) is 2.10. The van der Waals surface area contributed by atoms with E-state index in [2.05, 4.69) is 30.6 Å². The van der Waals surface area contributed by atoms with E-state index in [9.17, 15) is 5.11 Å². The number of nitrogens with zero attached hydrogens (tertiary/aromatic N) is 7. The van der Waals surface area contributed by atoms with Crippen LogP contribution in [-0.4, -0.2) is 46.1 Å². The third-order valence-electron chi connectivity index (χ3n) is 4.34. The molecule has 1 atom stereocenters. The highest BCUT2D eigenvalue weighted by Crippen LogP contribution is 2.21. The van der Waals surface area contributed by atoms with Crippen molar-refractivity contribution in [3.05, 3.63) is 48.7 Å². The van der Waals surface area contributed by atoms with Gasteiger partial charge in [0.1, 0.15) is 11.6 Å². The van der Waals surface area contributed by atoms with Crippen LogP contribution in [0.5, 0.6) is 0 Å². The Morgan fingerprint density at radius 3 is 2.85 bits per heavy atom. The fourth-order valence-electron chi connectivity index (χ4n) is 2.81. The number of hydrogen-bond acceptors (Lipinski definition) is 7. The van der Waals surface area contributed by atoms with E-state index in [0.717, 1.165) is 28.5 Å². The fraction of sp³-hybridized carbons (Fsp3) is 0.278. The Labute approximate surface area is 155 Å². The molecule has 2 N–H and O–H groups in total. The molecule has 0 amide bonds. The molecule has 0 aliphatic heterocycles. The van der Waals surface area contributed by atoms with Crippen LogP contribution in [0, 0.1) is 5.92 Å². The SMILES string of the molecule is CC(CO)Cc1nnc2cc(-c3ccnc(Nc4ccnn4C)n3)ccn12. The molecule has 4 aromatic rings. The van der Waals surface area contributed by atoms with Crippen molar-refractivity contribution in [2.75, 3.05) is 11.9 Å². The molecule has 9 nitrogen and oxygen atoms in total. The summed E-state index contributed by atoms with van der Waals surface area (Å²) in [7, 11) is 1.85. The predicted molar refractivity (Wildman–Crippen MR) is 100 cm³/mol. The minimum Gasteiger partial charge on any atom is -0.396 e. The number of fused-ring (bicyclic) bond motifs is 1. The van der Waals surface area contributed by atoms with Gasteiger partial charge in [0.15, 0.2) is 5.65 Å². The lowest BCUT2D eigenvalue weighted by molar-refractivity contribution is 0.235. The van der Waals surface area contributed by atoms with Crippen molar-refractivity contribution < 1.29 is 5.11 Å². The van der Waals surface area contributed by atoms with E-state index in [0.29, 0.717) is 12.4 Å². The summed E-state index contributed by atoms with van der Waals surface area (Å²) in [6.07, 6.45) is 6.02. The highest BCUT2D eigenvalue weighted by molar-refractivity contribution is 5.65. The second-order valence-corrected chi connectivity index (χ2v) is 6.48. The molecule has 9 heteroatoms. The number of anilines is 2. The Kier molecular flexibility index (Phi) is 4.51. The molecular weight excluding hydrogens is 344 g/mol. The van der Waals surface area contributed by atoms with Gasteiger partial charge in [-0.25, -0.2) is 9.97 Å². The van der Waals surface area contributed by atoms with Gasteiger partial charge in [-0.15, -0.1) is 10.2 Å². The first-order valence-corrected chi connectivity index (χ1v) is 8.67. The third kappa shape index (κ3) is 3.49. The molecular formula is C18H20N8O. The molecule has 0 aliphatic rings. The summed E-state index contributed by atoms with van der Waals surface area (Å²) in [5, 5.41) is 25.0. The van der Waals surface area contributed by atoms with Crippen LogP contribution in [0.1, 0.15) is 12.7 Å². The molecule has 0 fully saturated rings. The Bertz CT molecular complexity index is 1070. The Hall–Kier alpha value is -3.33. The standard InChI is InChI=1S/C18H20N8O/c1-12(11-27)9-16-23-24-17-10-13(5-8-26(16)17)14-3-6-19-18(21-14)22-15-4-7-20-25(15)2/h3-8,10,12,27H,9,11H2,1-2H3,(H,19,21,22). The number of hydrogen-bond donors (Lipinski definition) is 2. The van der Waals surface area contributed by atoms with E-state index in [-0.39, 0.29) is 12.5 Å². The Balaban J connectivity index is 1.62. The number of nitrogens with one attached hydrogen (secondary N) is 1. The van der Waals surface area contributed by atoms with Crippen LogP contribution >= 0.6 is 0 Å². The van der Waals surface area contributed by atoms with Crippen molar-refractivity contribution >= 4 is 17.4 Å². The number of aromatic nitrogens is 7. The van der Waals surface area contributed by atoms with E-state index in [1.54, 1.807) is 17.1 Å². The molecule has 4 aromatic heterocycles. The van der Waals surface area contributed by atoms with Gasteiger partial charge in [-0.2, -0.15) is 5.10 Å². The molecule has 0 aromatic carbocycles. The number of aryl methyl sites for hydroxylation is 1. The van der Waals surface area contributed by atoms with Gasteiger partial charge in [0.25, 0.3) is 0 Å². The quantitative estimate of drug-likeness (QED) is 0.537. The predicted octanol–water partition coefficient (Wildman–Crippen LogP) is 1.83. The van der Waals surface area contributed by atoms with Crippen molar-refractivity contribution in [3.8, 4) is 11.3 Å². The lowest BCUT2D eigenvalue weighted by atomic mass is 10.1. The second-order valence-electron chi connectivity index (χ2n) is 6.48. The largest absolute Gasteiger partial charge is 0.396 e. The van der Waals surface area contributed by atoms with E-state index < -0.39 is 0 Å². The third-order valence-corrected chi connectivity index (χ3v) is 4.34. The highest BCUT2D eigenvalue weighted by atomic mass is 16.3. The summed E-state index contributed by atoms with van der Waals surface area (Å²) in [6, 6.07) is 7.62. The molecule has 1 unspecified atom stereocenters. The number of pyridine rings is 1. The van der Waals surface area contributed by atoms with Crippen molar-refractivity contribution in [1.82, 2.24) is 34.3 Å². The number of rotatable bonds is 6. The van der Waals surface area contributed by atoms with E-state index in [4.69, 9.17) is 0 Å². The van der Waals surface area contributed by atoms with Gasteiger partial charge in [0.2, 0.25) is 5.95 Å². The second kappa shape index (κ2) is 7.12. The zero-order chi connectivity index (χ0) is 18.8. The van der Waals surface area contributed by atoms with Crippen LogP contribution in [0.25, 0.3) is 16.9 Å². The maximum Gasteiger partial charge on any atom is 0.228 e. The molecule has 4 rings (SSSR count). The average Bonchev–Trinajstić information content (AvgIpc) is 3.28. The van der Waals surface area contributed by atoms with Crippen LogP contribution < -0.4 is 5.32 Å². The smallest absolute Gasteiger partial charge is 0.228 e.